The summed E-state index contributed by atoms with van der Waals surface area (Å²) in [5.41, 5.74) is 2.40. The summed E-state index contributed by atoms with van der Waals surface area (Å²) in [5, 5.41) is 3.89. The van der Waals surface area contributed by atoms with E-state index < -0.39 is 23.4 Å². The number of halogens is 1. The Morgan fingerprint density at radius 2 is 1.94 bits per heavy atom. The normalized spacial score (nSPS) is 18.0. The minimum atomic E-state index is -1.33. The topological polar surface area (TPSA) is 100 Å². The maximum atomic E-state index is 13.0. The van der Waals surface area contributed by atoms with Crippen LogP contribution in [0.5, 0.6) is 11.5 Å². The van der Waals surface area contributed by atoms with Crippen molar-refractivity contribution in [1.29, 1.82) is 0 Å². The summed E-state index contributed by atoms with van der Waals surface area (Å²) in [5.74, 6) is 0.0753. The van der Waals surface area contributed by atoms with Gasteiger partial charge in [-0.2, -0.15) is 5.01 Å². The van der Waals surface area contributed by atoms with Crippen LogP contribution in [0.2, 0.25) is 5.02 Å². The van der Waals surface area contributed by atoms with Gasteiger partial charge in [-0.25, -0.2) is 4.79 Å². The van der Waals surface area contributed by atoms with Gasteiger partial charge in [-0.05, 0) is 49.9 Å². The number of carbonyl (C=O) groups is 3. The van der Waals surface area contributed by atoms with Gasteiger partial charge >= 0.3 is 6.03 Å². The fourth-order valence-corrected chi connectivity index (χ4v) is 3.69. The predicted molar refractivity (Wildman–Crippen MR) is 118 cm³/mol. The van der Waals surface area contributed by atoms with Crippen LogP contribution in [0.15, 0.2) is 42.5 Å². The highest BCUT2D eigenvalue weighted by Gasteiger charge is 2.50. The van der Waals surface area contributed by atoms with Crippen LogP contribution in [-0.2, 0) is 21.7 Å². The Morgan fingerprint density at radius 3 is 2.62 bits per heavy atom. The molecule has 1 fully saturated rings. The van der Waals surface area contributed by atoms with E-state index in [-0.39, 0.29) is 6.54 Å². The molecule has 1 aliphatic heterocycles. The van der Waals surface area contributed by atoms with Gasteiger partial charge in [0.05, 0.1) is 20.8 Å². The van der Waals surface area contributed by atoms with Crippen molar-refractivity contribution in [3.63, 3.8) is 0 Å². The number of hydrazine groups is 1. The number of urea groups is 1. The number of ether oxygens (including phenoxy) is 2. The van der Waals surface area contributed by atoms with Crippen molar-refractivity contribution in [2.24, 2.45) is 0 Å². The second-order valence-electron chi connectivity index (χ2n) is 7.59. The summed E-state index contributed by atoms with van der Waals surface area (Å²) in [6, 6.07) is 11.3. The van der Waals surface area contributed by atoms with Crippen LogP contribution in [-0.4, -0.2) is 55.6 Å². The molecule has 9 nitrogen and oxygen atoms in total. The summed E-state index contributed by atoms with van der Waals surface area (Å²) in [7, 11) is 4.79. The minimum absolute atomic E-state index is 0.0669. The zero-order valence-electron chi connectivity index (χ0n) is 18.3. The van der Waals surface area contributed by atoms with E-state index in [9.17, 15) is 14.4 Å². The minimum Gasteiger partial charge on any atom is -0.497 e. The number of nitrogens with one attached hydrogen (secondary N) is 2. The van der Waals surface area contributed by atoms with Gasteiger partial charge in [0.25, 0.3) is 11.8 Å². The summed E-state index contributed by atoms with van der Waals surface area (Å²) >= 11 is 6.05. The summed E-state index contributed by atoms with van der Waals surface area (Å²) < 4.78 is 10.5. The molecule has 0 aromatic heterocycles. The molecular weight excluding hydrogens is 436 g/mol. The van der Waals surface area contributed by atoms with Gasteiger partial charge in [-0.3, -0.25) is 19.9 Å². The first kappa shape index (κ1) is 23.4. The lowest BCUT2D eigenvalue weighted by molar-refractivity contribution is -0.139. The molecule has 1 unspecified atom stereocenters. The second-order valence-corrected chi connectivity index (χ2v) is 8.03. The lowest BCUT2D eigenvalue weighted by Crippen LogP contribution is -2.50. The Balaban J connectivity index is 1.66. The van der Waals surface area contributed by atoms with Gasteiger partial charge in [0.2, 0.25) is 0 Å². The predicted octanol–water partition coefficient (Wildman–Crippen LogP) is 2.29. The van der Waals surface area contributed by atoms with E-state index in [1.807, 2.05) is 0 Å². The number of benzene rings is 2. The van der Waals surface area contributed by atoms with E-state index in [2.05, 4.69) is 10.7 Å². The lowest BCUT2D eigenvalue weighted by atomic mass is 9.92. The first-order valence-electron chi connectivity index (χ1n) is 9.79. The molecule has 0 spiro atoms. The SMILES string of the molecule is COc1cccc(C2(C)NC(=O)N(NC(=O)CN(C)Cc3cc(Cl)ccc3OC)C2=O)c1. The third-order valence-electron chi connectivity index (χ3n) is 5.17. The van der Waals surface area contributed by atoms with Crippen molar-refractivity contribution in [3.05, 3.63) is 58.6 Å². The van der Waals surface area contributed by atoms with Gasteiger partial charge in [0.15, 0.2) is 0 Å². The number of hydrogen-bond donors (Lipinski definition) is 2. The van der Waals surface area contributed by atoms with Crippen LogP contribution in [0.3, 0.4) is 0 Å². The number of imide groups is 1. The fraction of sp³-hybridized carbons (Fsp3) is 0.318. The van der Waals surface area contributed by atoms with E-state index in [1.165, 1.54) is 7.11 Å². The monoisotopic (exact) mass is 460 g/mol. The Morgan fingerprint density at radius 1 is 1.19 bits per heavy atom. The van der Waals surface area contributed by atoms with Crippen molar-refractivity contribution in [3.8, 4) is 11.5 Å². The van der Waals surface area contributed by atoms with Crippen LogP contribution in [0, 0.1) is 0 Å². The van der Waals surface area contributed by atoms with Crippen molar-refractivity contribution in [2.75, 3.05) is 27.8 Å². The van der Waals surface area contributed by atoms with Gasteiger partial charge < -0.3 is 14.8 Å². The molecule has 3 rings (SSSR count). The van der Waals surface area contributed by atoms with E-state index in [1.54, 1.807) is 68.4 Å². The maximum absolute atomic E-state index is 13.0. The zero-order valence-corrected chi connectivity index (χ0v) is 19.0. The number of hydrogen-bond acceptors (Lipinski definition) is 6. The van der Waals surface area contributed by atoms with E-state index in [0.29, 0.717) is 33.6 Å². The molecular formula is C22H25ClN4O5. The molecule has 0 radical (unpaired) electrons. The Hall–Kier alpha value is -3.30. The molecule has 1 aliphatic rings. The number of rotatable bonds is 8. The maximum Gasteiger partial charge on any atom is 0.344 e. The van der Waals surface area contributed by atoms with Gasteiger partial charge in [-0.1, -0.05) is 23.7 Å². The highest BCUT2D eigenvalue weighted by atomic mass is 35.5. The summed E-state index contributed by atoms with van der Waals surface area (Å²) in [4.78, 5) is 39.7. The first-order valence-corrected chi connectivity index (χ1v) is 10.2. The summed E-state index contributed by atoms with van der Waals surface area (Å²) in [6.07, 6.45) is 0. The molecule has 1 atom stereocenters. The fourth-order valence-electron chi connectivity index (χ4n) is 3.49. The highest BCUT2D eigenvalue weighted by molar-refractivity contribution is 6.30. The molecule has 32 heavy (non-hydrogen) atoms. The molecule has 1 saturated heterocycles. The van der Waals surface area contributed by atoms with Crippen LogP contribution in [0.4, 0.5) is 4.79 Å². The molecule has 0 bridgehead atoms. The molecule has 2 aromatic rings. The number of amides is 4. The van der Waals surface area contributed by atoms with Crippen LogP contribution in [0.25, 0.3) is 0 Å². The molecule has 2 aromatic carbocycles. The molecule has 1 heterocycles. The number of likely N-dealkylation sites (N-methyl/N-ethyl adjacent to an activating group) is 1. The Labute approximate surface area is 191 Å². The Kier molecular flexibility index (Phi) is 6.90. The van der Waals surface area contributed by atoms with Crippen molar-refractivity contribution in [1.82, 2.24) is 20.7 Å². The van der Waals surface area contributed by atoms with E-state index in [0.717, 1.165) is 5.56 Å². The van der Waals surface area contributed by atoms with Gasteiger partial charge in [-0.15, -0.1) is 0 Å². The average Bonchev–Trinajstić information content (AvgIpc) is 2.97. The standard InChI is InChI=1S/C22H25ClN4O5/c1-22(15-6-5-7-17(11-15)31-3)20(29)27(21(30)24-22)25-19(28)13-26(2)12-14-10-16(23)8-9-18(14)32-4/h5-11H,12-13H2,1-4H3,(H,24,30)(H,25,28). The molecule has 4 amide bonds. The van der Waals surface area contributed by atoms with Crippen molar-refractivity contribution >= 4 is 29.4 Å². The average molecular weight is 461 g/mol. The van der Waals surface area contributed by atoms with Crippen LogP contribution < -0.4 is 20.2 Å². The largest absolute Gasteiger partial charge is 0.497 e. The van der Waals surface area contributed by atoms with Crippen molar-refractivity contribution < 1.29 is 23.9 Å². The third kappa shape index (κ3) is 4.79. The van der Waals surface area contributed by atoms with Crippen molar-refractivity contribution in [2.45, 2.75) is 19.0 Å². The number of methoxy groups -OCH3 is 2. The highest BCUT2D eigenvalue weighted by Crippen LogP contribution is 2.30. The molecule has 0 aliphatic carbocycles. The van der Waals surface area contributed by atoms with E-state index in [4.69, 9.17) is 21.1 Å². The molecule has 0 saturated carbocycles. The molecule has 170 valence electrons. The molecule has 2 N–H and O–H groups in total. The second kappa shape index (κ2) is 9.46. The quantitative estimate of drug-likeness (QED) is 0.586. The smallest absolute Gasteiger partial charge is 0.344 e. The summed E-state index contributed by atoms with van der Waals surface area (Å²) in [6.45, 7) is 1.88. The number of carbonyl (C=O) groups excluding carboxylic acids is 3. The van der Waals surface area contributed by atoms with Crippen LogP contribution in [0.1, 0.15) is 18.1 Å². The zero-order chi connectivity index (χ0) is 23.5. The third-order valence-corrected chi connectivity index (χ3v) is 5.41. The first-order chi connectivity index (χ1) is 15.2. The molecule has 10 heteroatoms. The Bertz CT molecular complexity index is 1050. The van der Waals surface area contributed by atoms with Gasteiger partial charge in [0, 0.05) is 17.1 Å². The lowest BCUT2D eigenvalue weighted by Gasteiger charge is -2.23. The number of nitrogens with zero attached hydrogens (tertiary/aromatic N) is 2. The van der Waals surface area contributed by atoms with Gasteiger partial charge in [0.1, 0.15) is 17.0 Å². The van der Waals surface area contributed by atoms with Crippen LogP contribution >= 0.6 is 11.6 Å². The van der Waals surface area contributed by atoms with E-state index >= 15 is 0 Å².